The molecule has 4 nitrogen and oxygen atoms in total. The number of sulfone groups is 1. The number of nitrogens with one attached hydrogen (secondary N) is 1. The molecule has 16 heavy (non-hydrogen) atoms. The molecule has 0 saturated heterocycles. The van der Waals surface area contributed by atoms with Crippen molar-refractivity contribution in [1.82, 2.24) is 0 Å². The Morgan fingerprint density at radius 2 is 2.19 bits per heavy atom. The van der Waals surface area contributed by atoms with Crippen LogP contribution in [0.3, 0.4) is 0 Å². The minimum Gasteiger partial charge on any atom is -0.316 e. The number of amides is 1. The lowest BCUT2D eigenvalue weighted by Gasteiger charge is -2.09. The summed E-state index contributed by atoms with van der Waals surface area (Å²) in [5.41, 5.74) is 0. The van der Waals surface area contributed by atoms with Gasteiger partial charge in [-0.1, -0.05) is 0 Å². The maximum atomic E-state index is 11.6. The molecule has 0 spiro atoms. The van der Waals surface area contributed by atoms with Gasteiger partial charge in [-0.2, -0.15) is 11.8 Å². The fourth-order valence-corrected chi connectivity index (χ4v) is 3.35. The lowest BCUT2D eigenvalue weighted by atomic mass is 10.4. The molecule has 1 unspecified atom stereocenters. The zero-order chi connectivity index (χ0) is 12.3. The minimum atomic E-state index is -3.28. The second-order valence-corrected chi connectivity index (χ2v) is 7.33. The van der Waals surface area contributed by atoms with Gasteiger partial charge in [0.05, 0.1) is 5.25 Å². The van der Waals surface area contributed by atoms with E-state index in [4.69, 9.17) is 0 Å². The van der Waals surface area contributed by atoms with Gasteiger partial charge in [-0.25, -0.2) is 8.42 Å². The van der Waals surface area contributed by atoms with Crippen molar-refractivity contribution in [3.8, 4) is 0 Å². The fraction of sp³-hybridized carbons (Fsp3) is 0.444. The molecular formula is C9H13NO3S3. The first-order valence-corrected chi connectivity index (χ1v) is 8.53. The van der Waals surface area contributed by atoms with Gasteiger partial charge in [-0.15, -0.1) is 11.3 Å². The third-order valence-electron chi connectivity index (χ3n) is 1.99. The third-order valence-corrected chi connectivity index (χ3v) is 5.01. The molecule has 0 aliphatic carbocycles. The predicted molar refractivity (Wildman–Crippen MR) is 69.0 cm³/mol. The smallest absolute Gasteiger partial charge is 0.237 e. The van der Waals surface area contributed by atoms with E-state index in [0.29, 0.717) is 5.00 Å². The second kappa shape index (κ2) is 5.20. The van der Waals surface area contributed by atoms with Gasteiger partial charge < -0.3 is 5.32 Å². The van der Waals surface area contributed by atoms with Crippen molar-refractivity contribution in [1.29, 1.82) is 0 Å². The molecule has 0 aromatic carbocycles. The van der Waals surface area contributed by atoms with E-state index in [9.17, 15) is 13.2 Å². The van der Waals surface area contributed by atoms with E-state index >= 15 is 0 Å². The Hall–Kier alpha value is -0.530. The number of hydrogen-bond donors (Lipinski definition) is 1. The summed E-state index contributed by atoms with van der Waals surface area (Å²) >= 11 is 2.62. The number of anilines is 1. The zero-order valence-corrected chi connectivity index (χ0v) is 11.6. The first-order valence-electron chi connectivity index (χ1n) is 4.47. The second-order valence-electron chi connectivity index (χ2n) is 3.25. The van der Waals surface area contributed by atoms with E-state index in [1.807, 2.05) is 6.26 Å². The molecule has 1 heterocycles. The SMILES string of the molecule is CSC(C)C(=O)Nc1sccc1S(C)(=O)=O. The lowest BCUT2D eigenvalue weighted by molar-refractivity contribution is -0.115. The summed E-state index contributed by atoms with van der Waals surface area (Å²) in [5, 5.41) is 4.47. The van der Waals surface area contributed by atoms with E-state index in [-0.39, 0.29) is 16.1 Å². The summed E-state index contributed by atoms with van der Waals surface area (Å²) in [6, 6.07) is 1.50. The molecule has 1 N–H and O–H groups in total. The number of carbonyl (C=O) groups is 1. The van der Waals surface area contributed by atoms with Gasteiger partial charge in [-0.3, -0.25) is 4.79 Å². The molecule has 1 aromatic rings. The van der Waals surface area contributed by atoms with Gasteiger partial charge in [0.1, 0.15) is 9.90 Å². The van der Waals surface area contributed by atoms with Crippen molar-refractivity contribution in [2.24, 2.45) is 0 Å². The number of thioether (sulfide) groups is 1. The van der Waals surface area contributed by atoms with Gasteiger partial charge in [0.2, 0.25) is 5.91 Å². The van der Waals surface area contributed by atoms with E-state index < -0.39 is 9.84 Å². The van der Waals surface area contributed by atoms with Crippen LogP contribution in [0.15, 0.2) is 16.3 Å². The number of carbonyl (C=O) groups excluding carboxylic acids is 1. The molecular weight excluding hydrogens is 266 g/mol. The fourth-order valence-electron chi connectivity index (χ4n) is 1.00. The summed E-state index contributed by atoms with van der Waals surface area (Å²) in [7, 11) is -3.28. The molecule has 0 saturated carbocycles. The summed E-state index contributed by atoms with van der Waals surface area (Å²) in [4.78, 5) is 11.8. The molecule has 0 bridgehead atoms. The van der Waals surface area contributed by atoms with Crippen LogP contribution in [0.5, 0.6) is 0 Å². The Labute approximate surface area is 103 Å². The number of thiophene rings is 1. The van der Waals surface area contributed by atoms with Crippen LogP contribution >= 0.6 is 23.1 Å². The Kier molecular flexibility index (Phi) is 4.40. The van der Waals surface area contributed by atoms with Crippen molar-refractivity contribution in [2.45, 2.75) is 17.1 Å². The molecule has 0 radical (unpaired) electrons. The van der Waals surface area contributed by atoms with Crippen LogP contribution in [-0.2, 0) is 14.6 Å². The number of hydrogen-bond acceptors (Lipinski definition) is 5. The molecule has 0 aliphatic rings. The largest absolute Gasteiger partial charge is 0.316 e. The average Bonchev–Trinajstić information content (AvgIpc) is 2.63. The Bertz CT molecular complexity index is 478. The van der Waals surface area contributed by atoms with Crippen molar-refractivity contribution in [2.75, 3.05) is 17.8 Å². The van der Waals surface area contributed by atoms with Gasteiger partial charge in [0.25, 0.3) is 0 Å². The quantitative estimate of drug-likeness (QED) is 0.913. The van der Waals surface area contributed by atoms with E-state index in [1.165, 1.54) is 29.2 Å². The summed E-state index contributed by atoms with van der Waals surface area (Å²) in [5.74, 6) is -0.181. The molecule has 1 atom stereocenters. The highest BCUT2D eigenvalue weighted by molar-refractivity contribution is 7.99. The van der Waals surface area contributed by atoms with Crippen LogP contribution in [0.4, 0.5) is 5.00 Å². The molecule has 7 heteroatoms. The van der Waals surface area contributed by atoms with E-state index in [2.05, 4.69) is 5.32 Å². The normalized spacial score (nSPS) is 13.4. The topological polar surface area (TPSA) is 63.2 Å². The predicted octanol–water partition coefficient (Wildman–Crippen LogP) is 1.84. The molecule has 1 rings (SSSR count). The van der Waals surface area contributed by atoms with Crippen molar-refractivity contribution >= 4 is 43.8 Å². The first-order chi connectivity index (χ1) is 7.36. The van der Waals surface area contributed by atoms with E-state index in [1.54, 1.807) is 12.3 Å². The Morgan fingerprint density at radius 1 is 1.56 bits per heavy atom. The first kappa shape index (κ1) is 13.5. The Morgan fingerprint density at radius 3 is 2.69 bits per heavy atom. The summed E-state index contributed by atoms with van der Waals surface area (Å²) in [6.45, 7) is 1.77. The standard InChI is InChI=1S/C9H13NO3S3/c1-6(14-2)8(11)10-9-7(4-5-15-9)16(3,12)13/h4-6H,1-3H3,(H,10,11). The van der Waals surface area contributed by atoms with Gasteiger partial charge in [-0.05, 0) is 24.6 Å². The maximum Gasteiger partial charge on any atom is 0.237 e. The molecule has 1 aromatic heterocycles. The molecule has 0 aliphatic heterocycles. The Balaban J connectivity index is 2.92. The van der Waals surface area contributed by atoms with Crippen LogP contribution in [-0.4, -0.2) is 32.1 Å². The van der Waals surface area contributed by atoms with Crippen molar-refractivity contribution in [3.05, 3.63) is 11.4 Å². The van der Waals surface area contributed by atoms with Crippen LogP contribution in [0.1, 0.15) is 6.92 Å². The van der Waals surface area contributed by atoms with Crippen LogP contribution in [0.2, 0.25) is 0 Å². The van der Waals surface area contributed by atoms with Gasteiger partial charge in [0.15, 0.2) is 9.84 Å². The van der Waals surface area contributed by atoms with Crippen LogP contribution < -0.4 is 5.32 Å². The van der Waals surface area contributed by atoms with Crippen LogP contribution in [0.25, 0.3) is 0 Å². The molecule has 0 fully saturated rings. The highest BCUT2D eigenvalue weighted by Gasteiger charge is 2.18. The van der Waals surface area contributed by atoms with Gasteiger partial charge in [0, 0.05) is 6.26 Å². The van der Waals surface area contributed by atoms with E-state index in [0.717, 1.165) is 6.26 Å². The third kappa shape index (κ3) is 3.23. The summed E-state index contributed by atoms with van der Waals surface area (Å²) < 4.78 is 22.8. The summed E-state index contributed by atoms with van der Waals surface area (Å²) in [6.07, 6.45) is 2.96. The molecule has 1 amide bonds. The van der Waals surface area contributed by atoms with Crippen molar-refractivity contribution < 1.29 is 13.2 Å². The highest BCUT2D eigenvalue weighted by Crippen LogP contribution is 2.28. The van der Waals surface area contributed by atoms with Crippen molar-refractivity contribution in [3.63, 3.8) is 0 Å². The van der Waals surface area contributed by atoms with Crippen LogP contribution in [0, 0.1) is 0 Å². The lowest BCUT2D eigenvalue weighted by Crippen LogP contribution is -2.22. The number of rotatable bonds is 4. The minimum absolute atomic E-state index is 0.180. The maximum absolute atomic E-state index is 11.6. The highest BCUT2D eigenvalue weighted by atomic mass is 32.2. The average molecular weight is 279 g/mol. The zero-order valence-electron chi connectivity index (χ0n) is 9.18. The van der Waals surface area contributed by atoms with Gasteiger partial charge >= 0.3 is 0 Å². The monoisotopic (exact) mass is 279 g/mol. The molecule has 90 valence electrons.